The van der Waals surface area contributed by atoms with Gasteiger partial charge in [-0.25, -0.2) is 0 Å². The molecule has 14 heavy (non-hydrogen) atoms. The summed E-state index contributed by atoms with van der Waals surface area (Å²) >= 11 is 3.24. The Bertz CT molecular complexity index is 283. The topological polar surface area (TPSA) is 34.4 Å². The lowest BCUT2D eigenvalue weighted by atomic mass is 10.4. The Hall–Kier alpha value is -0.580. The molecule has 0 atom stereocenters. The zero-order valence-electron chi connectivity index (χ0n) is 8.13. The van der Waals surface area contributed by atoms with Crippen LogP contribution < -0.4 is 5.32 Å². The zero-order valence-corrected chi connectivity index (χ0v) is 9.71. The van der Waals surface area contributed by atoms with Crippen LogP contribution in [0.4, 0.5) is 0 Å². The van der Waals surface area contributed by atoms with E-state index in [4.69, 9.17) is 9.15 Å². The molecule has 0 aliphatic carbocycles. The number of hydrogen-bond donors (Lipinski definition) is 1. The third-order valence-electron chi connectivity index (χ3n) is 1.62. The van der Waals surface area contributed by atoms with Crippen molar-refractivity contribution in [1.29, 1.82) is 0 Å². The summed E-state index contributed by atoms with van der Waals surface area (Å²) in [5, 5.41) is 3.20. The van der Waals surface area contributed by atoms with Crippen LogP contribution in [0.15, 0.2) is 27.3 Å². The van der Waals surface area contributed by atoms with Crippen LogP contribution in [0.5, 0.6) is 0 Å². The molecular formula is C10H14BrNO2. The first kappa shape index (κ1) is 11.5. The summed E-state index contributed by atoms with van der Waals surface area (Å²) in [6.45, 7) is 2.42. The highest BCUT2D eigenvalue weighted by atomic mass is 79.9. The summed E-state index contributed by atoms with van der Waals surface area (Å²) < 4.78 is 10.9. The van der Waals surface area contributed by atoms with Crippen molar-refractivity contribution in [2.45, 2.75) is 0 Å². The van der Waals surface area contributed by atoms with Crippen molar-refractivity contribution < 1.29 is 9.15 Å². The standard InChI is InChI=1S/C10H14BrNO2/c1-13-8-7-12-6-2-3-9-4-5-10(11)14-9/h2-5,12H,6-8H2,1H3. The lowest BCUT2D eigenvalue weighted by Crippen LogP contribution is -2.18. The molecule has 0 radical (unpaired) electrons. The summed E-state index contributed by atoms with van der Waals surface area (Å²) in [6, 6.07) is 3.79. The van der Waals surface area contributed by atoms with Crippen molar-refractivity contribution in [2.24, 2.45) is 0 Å². The van der Waals surface area contributed by atoms with Crippen molar-refractivity contribution >= 4 is 22.0 Å². The Balaban J connectivity index is 2.15. The van der Waals surface area contributed by atoms with Gasteiger partial charge in [-0.15, -0.1) is 0 Å². The third kappa shape index (κ3) is 4.60. The molecular weight excluding hydrogens is 246 g/mol. The minimum Gasteiger partial charge on any atom is -0.450 e. The van der Waals surface area contributed by atoms with E-state index >= 15 is 0 Å². The van der Waals surface area contributed by atoms with Crippen molar-refractivity contribution in [1.82, 2.24) is 5.32 Å². The van der Waals surface area contributed by atoms with Crippen LogP contribution in [0.25, 0.3) is 6.08 Å². The summed E-state index contributed by atoms with van der Waals surface area (Å²) in [5.74, 6) is 0.852. The predicted octanol–water partition coefficient (Wildman–Crippen LogP) is 2.29. The highest BCUT2D eigenvalue weighted by Gasteiger charge is 1.92. The van der Waals surface area contributed by atoms with Gasteiger partial charge in [-0.1, -0.05) is 6.08 Å². The van der Waals surface area contributed by atoms with Gasteiger partial charge in [0, 0.05) is 20.2 Å². The fourth-order valence-electron chi connectivity index (χ4n) is 0.953. The van der Waals surface area contributed by atoms with Crippen LogP contribution >= 0.6 is 15.9 Å². The molecule has 1 heterocycles. The molecule has 0 saturated carbocycles. The molecule has 0 saturated heterocycles. The van der Waals surface area contributed by atoms with Crippen LogP contribution in [0.3, 0.4) is 0 Å². The Morgan fingerprint density at radius 3 is 3.07 bits per heavy atom. The van der Waals surface area contributed by atoms with Gasteiger partial charge >= 0.3 is 0 Å². The fraction of sp³-hybridized carbons (Fsp3) is 0.400. The fourth-order valence-corrected chi connectivity index (χ4v) is 1.27. The number of furan rings is 1. The molecule has 0 unspecified atom stereocenters. The van der Waals surface area contributed by atoms with Crippen LogP contribution in [0.1, 0.15) is 5.76 Å². The van der Waals surface area contributed by atoms with Gasteiger partial charge in [-0.05, 0) is 34.1 Å². The van der Waals surface area contributed by atoms with Gasteiger partial charge in [-0.3, -0.25) is 0 Å². The Morgan fingerprint density at radius 2 is 2.43 bits per heavy atom. The second-order valence-electron chi connectivity index (χ2n) is 2.74. The van der Waals surface area contributed by atoms with Gasteiger partial charge in [0.2, 0.25) is 0 Å². The second-order valence-corrected chi connectivity index (χ2v) is 3.52. The maximum Gasteiger partial charge on any atom is 0.169 e. The van der Waals surface area contributed by atoms with Crippen LogP contribution in [0, 0.1) is 0 Å². The lowest BCUT2D eigenvalue weighted by Gasteiger charge is -1.98. The molecule has 0 bridgehead atoms. The van der Waals surface area contributed by atoms with Crippen molar-refractivity contribution in [3.8, 4) is 0 Å². The number of nitrogens with one attached hydrogen (secondary N) is 1. The van der Waals surface area contributed by atoms with E-state index in [0.29, 0.717) is 0 Å². The van der Waals surface area contributed by atoms with Crippen molar-refractivity contribution in [3.05, 3.63) is 28.6 Å². The first-order valence-corrected chi connectivity index (χ1v) is 5.24. The van der Waals surface area contributed by atoms with Gasteiger partial charge in [0.1, 0.15) is 5.76 Å². The molecule has 1 aromatic heterocycles. The van der Waals surface area contributed by atoms with E-state index < -0.39 is 0 Å². The number of hydrogen-bond acceptors (Lipinski definition) is 3. The summed E-state index contributed by atoms with van der Waals surface area (Å²) in [6.07, 6.45) is 3.95. The quantitative estimate of drug-likeness (QED) is 0.797. The molecule has 0 aromatic carbocycles. The number of halogens is 1. The molecule has 1 aromatic rings. The van der Waals surface area contributed by atoms with Crippen LogP contribution in [0.2, 0.25) is 0 Å². The van der Waals surface area contributed by atoms with E-state index in [1.54, 1.807) is 7.11 Å². The first-order chi connectivity index (χ1) is 6.83. The molecule has 4 heteroatoms. The maximum atomic E-state index is 5.29. The average molecular weight is 260 g/mol. The summed E-state index contributed by atoms with van der Waals surface area (Å²) in [7, 11) is 1.69. The largest absolute Gasteiger partial charge is 0.450 e. The molecule has 0 aliphatic heterocycles. The normalized spacial score (nSPS) is 11.3. The maximum absolute atomic E-state index is 5.29. The molecule has 0 spiro atoms. The Labute approximate surface area is 92.3 Å². The van der Waals surface area contributed by atoms with Crippen LogP contribution in [-0.2, 0) is 4.74 Å². The smallest absolute Gasteiger partial charge is 0.169 e. The molecule has 1 rings (SSSR count). The minimum atomic E-state index is 0.736. The predicted molar refractivity (Wildman–Crippen MR) is 60.2 cm³/mol. The number of methoxy groups -OCH3 is 1. The Kier molecular flexibility index (Phi) is 5.59. The van der Waals surface area contributed by atoms with Gasteiger partial charge < -0.3 is 14.5 Å². The second kappa shape index (κ2) is 6.81. The van der Waals surface area contributed by atoms with Crippen molar-refractivity contribution in [3.63, 3.8) is 0 Å². The van der Waals surface area contributed by atoms with Crippen LogP contribution in [-0.4, -0.2) is 26.8 Å². The molecule has 0 fully saturated rings. The third-order valence-corrected chi connectivity index (χ3v) is 2.05. The highest BCUT2D eigenvalue weighted by molar-refractivity contribution is 9.10. The molecule has 3 nitrogen and oxygen atoms in total. The monoisotopic (exact) mass is 259 g/mol. The number of ether oxygens (including phenoxy) is 1. The first-order valence-electron chi connectivity index (χ1n) is 4.44. The SMILES string of the molecule is COCCNCC=Cc1ccc(Br)o1. The van der Waals surface area contributed by atoms with E-state index in [0.717, 1.165) is 30.1 Å². The lowest BCUT2D eigenvalue weighted by molar-refractivity contribution is 0.200. The molecule has 1 N–H and O–H groups in total. The molecule has 78 valence electrons. The van der Waals surface area contributed by atoms with Gasteiger partial charge in [0.15, 0.2) is 4.67 Å². The van der Waals surface area contributed by atoms with Gasteiger partial charge in [0.25, 0.3) is 0 Å². The van der Waals surface area contributed by atoms with Gasteiger partial charge in [0.05, 0.1) is 6.61 Å². The average Bonchev–Trinajstić information content (AvgIpc) is 2.58. The highest BCUT2D eigenvalue weighted by Crippen LogP contribution is 2.14. The van der Waals surface area contributed by atoms with E-state index in [2.05, 4.69) is 21.2 Å². The Morgan fingerprint density at radius 1 is 1.57 bits per heavy atom. The molecule has 0 amide bonds. The van der Waals surface area contributed by atoms with Gasteiger partial charge in [-0.2, -0.15) is 0 Å². The summed E-state index contributed by atoms with van der Waals surface area (Å²) in [4.78, 5) is 0. The van der Waals surface area contributed by atoms with E-state index in [1.165, 1.54) is 0 Å². The number of rotatable bonds is 6. The van der Waals surface area contributed by atoms with E-state index in [1.807, 2.05) is 24.3 Å². The minimum absolute atomic E-state index is 0.736. The summed E-state index contributed by atoms with van der Waals surface area (Å²) in [5.41, 5.74) is 0. The molecule has 0 aliphatic rings. The van der Waals surface area contributed by atoms with E-state index in [9.17, 15) is 0 Å². The van der Waals surface area contributed by atoms with Crippen molar-refractivity contribution in [2.75, 3.05) is 26.8 Å². The van der Waals surface area contributed by atoms with E-state index in [-0.39, 0.29) is 0 Å². The zero-order chi connectivity index (χ0) is 10.2.